The van der Waals surface area contributed by atoms with Gasteiger partial charge in [0.05, 0.1) is 18.2 Å². The maximum absolute atomic E-state index is 13.3. The average Bonchev–Trinajstić information content (AvgIpc) is 2.46. The second-order valence-electron chi connectivity index (χ2n) is 4.57. The van der Waals surface area contributed by atoms with E-state index < -0.39 is 17.7 Å². The fourth-order valence-corrected chi connectivity index (χ4v) is 2.13. The Morgan fingerprint density at radius 3 is 2.24 bits per heavy atom. The van der Waals surface area contributed by atoms with Gasteiger partial charge in [0.25, 0.3) is 0 Å². The lowest BCUT2D eigenvalue weighted by molar-refractivity contribution is -0.137. The highest BCUT2D eigenvalue weighted by Gasteiger charge is 2.35. The second kappa shape index (κ2) is 5.60. The molecule has 110 valence electrons. The molecule has 0 heterocycles. The van der Waals surface area contributed by atoms with E-state index in [0.717, 1.165) is 13.2 Å². The molecular weight excluding hydrogens is 281 g/mol. The van der Waals surface area contributed by atoms with Crippen LogP contribution in [0.25, 0.3) is 11.1 Å². The number of methoxy groups -OCH3 is 1. The molecule has 0 N–H and O–H groups in total. The number of benzene rings is 2. The van der Waals surface area contributed by atoms with Gasteiger partial charge in [0.15, 0.2) is 0 Å². The first-order chi connectivity index (χ1) is 9.84. The summed E-state index contributed by atoms with van der Waals surface area (Å²) in [5, 5.41) is 0. The summed E-state index contributed by atoms with van der Waals surface area (Å²) in [7, 11) is 1.14. The molecule has 0 saturated carbocycles. The van der Waals surface area contributed by atoms with Gasteiger partial charge in [-0.3, -0.25) is 0 Å². The molecule has 21 heavy (non-hydrogen) atoms. The zero-order valence-electron chi connectivity index (χ0n) is 11.5. The van der Waals surface area contributed by atoms with Crippen molar-refractivity contribution in [1.82, 2.24) is 0 Å². The summed E-state index contributed by atoms with van der Waals surface area (Å²) in [6.45, 7) is 1.58. The molecule has 2 nitrogen and oxygen atoms in total. The van der Waals surface area contributed by atoms with Crippen LogP contribution in [-0.2, 0) is 10.9 Å². The molecule has 0 fully saturated rings. The van der Waals surface area contributed by atoms with Gasteiger partial charge in [0, 0.05) is 0 Å². The van der Waals surface area contributed by atoms with Gasteiger partial charge in [-0.15, -0.1) is 0 Å². The number of hydrogen-bond acceptors (Lipinski definition) is 2. The van der Waals surface area contributed by atoms with Gasteiger partial charge in [-0.1, -0.05) is 30.3 Å². The van der Waals surface area contributed by atoms with Crippen LogP contribution in [0.5, 0.6) is 0 Å². The largest absolute Gasteiger partial charge is 0.465 e. The van der Waals surface area contributed by atoms with Crippen LogP contribution in [0.2, 0.25) is 0 Å². The first kappa shape index (κ1) is 15.1. The monoisotopic (exact) mass is 294 g/mol. The third-order valence-electron chi connectivity index (χ3n) is 3.16. The van der Waals surface area contributed by atoms with Crippen molar-refractivity contribution in [1.29, 1.82) is 0 Å². The van der Waals surface area contributed by atoms with Gasteiger partial charge in [0.2, 0.25) is 0 Å². The predicted octanol–water partition coefficient (Wildman–Crippen LogP) is 4.47. The summed E-state index contributed by atoms with van der Waals surface area (Å²) < 4.78 is 44.3. The molecule has 0 aromatic heterocycles. The number of rotatable bonds is 2. The van der Waals surface area contributed by atoms with Gasteiger partial charge >= 0.3 is 12.1 Å². The number of alkyl halides is 3. The van der Waals surface area contributed by atoms with Crippen molar-refractivity contribution in [2.75, 3.05) is 7.11 Å². The zero-order chi connectivity index (χ0) is 15.6. The maximum atomic E-state index is 13.3. The molecule has 0 atom stereocenters. The summed E-state index contributed by atoms with van der Waals surface area (Å²) in [4.78, 5) is 11.6. The summed E-state index contributed by atoms with van der Waals surface area (Å²) >= 11 is 0. The molecule has 2 aromatic rings. The van der Waals surface area contributed by atoms with Crippen molar-refractivity contribution >= 4 is 5.97 Å². The first-order valence-corrected chi connectivity index (χ1v) is 6.20. The molecule has 0 spiro atoms. The molecule has 2 rings (SSSR count). The number of carbonyl (C=O) groups excluding carboxylic acids is 1. The minimum atomic E-state index is -4.55. The highest BCUT2D eigenvalue weighted by molar-refractivity contribution is 5.92. The summed E-state index contributed by atoms with van der Waals surface area (Å²) in [5.41, 5.74) is 0.00973. The number of carbonyl (C=O) groups is 1. The number of aryl methyl sites for hydroxylation is 1. The van der Waals surface area contributed by atoms with Crippen LogP contribution in [0, 0.1) is 6.92 Å². The molecule has 0 aliphatic heterocycles. The van der Waals surface area contributed by atoms with E-state index >= 15 is 0 Å². The number of esters is 1. The van der Waals surface area contributed by atoms with Gasteiger partial charge in [-0.2, -0.15) is 13.2 Å². The second-order valence-corrected chi connectivity index (χ2v) is 4.57. The molecule has 0 bridgehead atoms. The Hall–Kier alpha value is -2.30. The van der Waals surface area contributed by atoms with E-state index in [1.165, 1.54) is 6.07 Å². The van der Waals surface area contributed by atoms with Crippen molar-refractivity contribution in [3.05, 3.63) is 59.2 Å². The van der Waals surface area contributed by atoms with Crippen LogP contribution >= 0.6 is 0 Å². The van der Waals surface area contributed by atoms with Crippen LogP contribution in [0.3, 0.4) is 0 Å². The van der Waals surface area contributed by atoms with Crippen LogP contribution in [0.15, 0.2) is 42.5 Å². The SMILES string of the molecule is COC(=O)c1cc(C(F)(F)F)c(-c2ccccc2)cc1C. The van der Waals surface area contributed by atoms with Crippen molar-refractivity contribution < 1.29 is 22.7 Å². The Balaban J connectivity index is 2.71. The fraction of sp³-hybridized carbons (Fsp3) is 0.188. The van der Waals surface area contributed by atoms with Crippen LogP contribution in [-0.4, -0.2) is 13.1 Å². The van der Waals surface area contributed by atoms with Crippen LogP contribution in [0.4, 0.5) is 13.2 Å². The van der Waals surface area contributed by atoms with E-state index in [9.17, 15) is 18.0 Å². The third-order valence-corrected chi connectivity index (χ3v) is 3.16. The normalized spacial score (nSPS) is 11.3. The molecule has 0 aliphatic rings. The minimum absolute atomic E-state index is 0.0493. The molecular formula is C16H13F3O2. The standard InChI is InChI=1S/C16H13F3O2/c1-10-8-13(11-6-4-3-5-7-11)14(16(17,18)19)9-12(10)15(20)21-2/h3-9H,1-2H3. The molecule has 5 heteroatoms. The van der Waals surface area contributed by atoms with E-state index in [-0.39, 0.29) is 11.1 Å². The Bertz CT molecular complexity index is 661. The number of hydrogen-bond donors (Lipinski definition) is 0. The summed E-state index contributed by atoms with van der Waals surface area (Å²) in [6, 6.07) is 10.5. The summed E-state index contributed by atoms with van der Waals surface area (Å²) in [5.74, 6) is -0.780. The first-order valence-electron chi connectivity index (χ1n) is 6.20. The zero-order valence-corrected chi connectivity index (χ0v) is 11.5. The third kappa shape index (κ3) is 3.07. The highest BCUT2D eigenvalue weighted by Crippen LogP contribution is 2.38. The minimum Gasteiger partial charge on any atom is -0.465 e. The molecule has 0 unspecified atom stereocenters. The Morgan fingerprint density at radius 1 is 1.10 bits per heavy atom. The van der Waals surface area contributed by atoms with Crippen molar-refractivity contribution in [3.63, 3.8) is 0 Å². The highest BCUT2D eigenvalue weighted by atomic mass is 19.4. The van der Waals surface area contributed by atoms with Crippen molar-refractivity contribution in [3.8, 4) is 11.1 Å². The predicted molar refractivity (Wildman–Crippen MR) is 73.0 cm³/mol. The Kier molecular flexibility index (Phi) is 4.02. The molecule has 0 aliphatic carbocycles. The van der Waals surface area contributed by atoms with Gasteiger partial charge in [-0.25, -0.2) is 4.79 Å². The fourth-order valence-electron chi connectivity index (χ4n) is 2.13. The van der Waals surface area contributed by atoms with E-state index in [0.29, 0.717) is 11.1 Å². The van der Waals surface area contributed by atoms with Crippen molar-refractivity contribution in [2.24, 2.45) is 0 Å². The maximum Gasteiger partial charge on any atom is 0.417 e. The van der Waals surface area contributed by atoms with Gasteiger partial charge in [-0.05, 0) is 35.7 Å². The van der Waals surface area contributed by atoms with Crippen molar-refractivity contribution in [2.45, 2.75) is 13.1 Å². The lowest BCUT2D eigenvalue weighted by atomic mass is 9.94. The molecule has 0 amide bonds. The van der Waals surface area contributed by atoms with E-state index in [2.05, 4.69) is 4.74 Å². The number of ether oxygens (including phenoxy) is 1. The lowest BCUT2D eigenvalue weighted by Gasteiger charge is -2.16. The lowest BCUT2D eigenvalue weighted by Crippen LogP contribution is -2.12. The number of halogens is 3. The Labute approximate surface area is 120 Å². The van der Waals surface area contributed by atoms with Crippen LogP contribution in [0.1, 0.15) is 21.5 Å². The molecule has 0 radical (unpaired) electrons. The van der Waals surface area contributed by atoms with E-state index in [4.69, 9.17) is 0 Å². The van der Waals surface area contributed by atoms with E-state index in [1.54, 1.807) is 37.3 Å². The van der Waals surface area contributed by atoms with Gasteiger partial charge < -0.3 is 4.74 Å². The topological polar surface area (TPSA) is 26.3 Å². The van der Waals surface area contributed by atoms with Gasteiger partial charge in [0.1, 0.15) is 0 Å². The Morgan fingerprint density at radius 2 is 1.71 bits per heavy atom. The van der Waals surface area contributed by atoms with E-state index in [1.807, 2.05) is 0 Å². The average molecular weight is 294 g/mol. The molecule has 2 aromatic carbocycles. The smallest absolute Gasteiger partial charge is 0.417 e. The summed E-state index contributed by atoms with van der Waals surface area (Å²) in [6.07, 6.45) is -4.55. The quantitative estimate of drug-likeness (QED) is 0.764. The molecule has 0 saturated heterocycles. The van der Waals surface area contributed by atoms with Crippen LogP contribution < -0.4 is 0 Å².